The zero-order valence-electron chi connectivity index (χ0n) is 18.5. The molecule has 0 saturated carbocycles. The molecule has 0 aliphatic rings. The van der Waals surface area contributed by atoms with Gasteiger partial charge in [0.2, 0.25) is 0 Å². The molecule has 26 heavy (non-hydrogen) atoms. The molecule has 158 valence electrons. The molecule has 0 N–H and O–H groups in total. The first-order valence-electron chi connectivity index (χ1n) is 11.1. The van der Waals surface area contributed by atoms with Crippen molar-refractivity contribution in [3.63, 3.8) is 0 Å². The van der Waals surface area contributed by atoms with Gasteiger partial charge in [0.15, 0.2) is 0 Å². The van der Waals surface area contributed by atoms with E-state index in [0.717, 1.165) is 6.04 Å². The van der Waals surface area contributed by atoms with Gasteiger partial charge in [-0.2, -0.15) is 0 Å². The minimum absolute atomic E-state index is 0.687. The van der Waals surface area contributed by atoms with Crippen LogP contribution >= 0.6 is 8.95 Å². The number of hydrogen-bond acceptors (Lipinski definition) is 4. The van der Waals surface area contributed by atoms with Crippen molar-refractivity contribution >= 4 is 34.7 Å². The Morgan fingerprint density at radius 3 is 1.35 bits per heavy atom. The molecule has 0 aliphatic carbocycles. The second-order valence-electron chi connectivity index (χ2n) is 7.07. The van der Waals surface area contributed by atoms with Crippen LogP contribution in [-0.4, -0.2) is 51.4 Å². The van der Waals surface area contributed by atoms with Crippen molar-refractivity contribution in [2.75, 3.05) is 25.6 Å². The Labute approximate surface area is 172 Å². The van der Waals surface area contributed by atoms with Gasteiger partial charge in [-0.3, -0.25) is 0 Å². The Hall–Kier alpha value is 1.25. The topological polar surface area (TPSA) is 27.7 Å². The van der Waals surface area contributed by atoms with Crippen LogP contribution < -0.4 is 0 Å². The van der Waals surface area contributed by atoms with Crippen molar-refractivity contribution < 1.29 is 13.3 Å². The number of rotatable bonds is 19. The van der Waals surface area contributed by atoms with E-state index in [1.807, 2.05) is 0 Å². The first-order chi connectivity index (χ1) is 12.6. The summed E-state index contributed by atoms with van der Waals surface area (Å²) in [6.07, 6.45) is 8.32. The van der Waals surface area contributed by atoms with Crippen LogP contribution in [0.2, 0.25) is 19.4 Å². The summed E-state index contributed by atoms with van der Waals surface area (Å²) < 4.78 is 22.9. The predicted molar refractivity (Wildman–Crippen MR) is 123 cm³/mol. The van der Waals surface area contributed by atoms with E-state index in [9.17, 15) is 0 Å². The average Bonchev–Trinajstić information content (AvgIpc) is 2.63. The third kappa shape index (κ3) is 11.3. The molecule has 0 bridgehead atoms. The van der Waals surface area contributed by atoms with Gasteiger partial charge in [-0.15, -0.1) is 0 Å². The van der Waals surface area contributed by atoms with E-state index in [-0.39, 0.29) is 0 Å². The maximum atomic E-state index is 6.07. The molecule has 0 aromatic heterocycles. The summed E-state index contributed by atoms with van der Waals surface area (Å²) in [6, 6.07) is 0.982. The standard InChI is InChI=1S/C8H20O3SSi.3C4H9.Sn/c1-4-9-13(8-7-12,10-5-2)11-6-3;3*1-3-4-2;/h12H,4-8H2,1-3H3;3*1,3-4H2,2H3;/q;;;;+1/p-1. The normalized spacial score (nSPS) is 12.7. The summed E-state index contributed by atoms with van der Waals surface area (Å²) in [6.45, 7) is 15.3. The Balaban J connectivity index is 5.02. The van der Waals surface area contributed by atoms with Crippen LogP contribution in [0.4, 0.5) is 0 Å². The minimum atomic E-state index is -2.48. The van der Waals surface area contributed by atoms with E-state index in [1.54, 1.807) is 13.3 Å². The van der Waals surface area contributed by atoms with Crippen molar-refractivity contribution in [3.8, 4) is 0 Å². The fourth-order valence-corrected chi connectivity index (χ4v) is 31.4. The van der Waals surface area contributed by atoms with Crippen LogP contribution in [0, 0.1) is 0 Å². The van der Waals surface area contributed by atoms with Crippen molar-refractivity contribution in [2.24, 2.45) is 0 Å². The molecule has 0 unspecified atom stereocenters. The quantitative estimate of drug-likeness (QED) is 0.172. The zero-order valence-corrected chi connectivity index (χ0v) is 23.2. The van der Waals surface area contributed by atoms with Crippen molar-refractivity contribution in [3.05, 3.63) is 0 Å². The molecule has 0 aromatic rings. The van der Waals surface area contributed by atoms with E-state index in [1.165, 1.54) is 44.3 Å². The van der Waals surface area contributed by atoms with E-state index in [0.29, 0.717) is 19.8 Å². The summed E-state index contributed by atoms with van der Waals surface area (Å²) in [7, 11) is -0.0783. The van der Waals surface area contributed by atoms with E-state index < -0.39 is 25.8 Å². The number of hydrogen-bond donors (Lipinski definition) is 0. The molecule has 3 nitrogen and oxygen atoms in total. The van der Waals surface area contributed by atoms with Crippen LogP contribution in [0.3, 0.4) is 0 Å². The number of unbranched alkanes of at least 4 members (excludes halogenated alkanes) is 3. The molecular weight excluding hydrogens is 467 g/mol. The third-order valence-electron chi connectivity index (χ3n) is 4.87. The fourth-order valence-electron chi connectivity index (χ4n) is 3.48. The Morgan fingerprint density at radius 2 is 1.04 bits per heavy atom. The summed E-state index contributed by atoms with van der Waals surface area (Å²) in [5.74, 6) is 1.18. The van der Waals surface area contributed by atoms with Gasteiger partial charge < -0.3 is 0 Å². The first kappa shape index (κ1) is 27.2. The third-order valence-corrected chi connectivity index (χ3v) is 31.2. The molecule has 0 rings (SSSR count). The Kier molecular flexibility index (Phi) is 18.0. The van der Waals surface area contributed by atoms with Crippen molar-refractivity contribution in [1.82, 2.24) is 0 Å². The molecule has 0 atom stereocenters. The average molecular weight is 513 g/mol. The molecule has 0 saturated heterocycles. The van der Waals surface area contributed by atoms with Crippen LogP contribution in [0.5, 0.6) is 0 Å². The zero-order chi connectivity index (χ0) is 19.7. The molecule has 0 radical (unpaired) electrons. The fraction of sp³-hybridized carbons (Fsp3) is 1.00. The van der Waals surface area contributed by atoms with Gasteiger partial charge in [-0.05, 0) is 0 Å². The van der Waals surface area contributed by atoms with Gasteiger partial charge >= 0.3 is 173 Å². The molecule has 0 aromatic carbocycles. The molecule has 0 fully saturated rings. The van der Waals surface area contributed by atoms with Crippen molar-refractivity contribution in [2.45, 2.75) is 99.4 Å². The molecule has 0 spiro atoms. The van der Waals surface area contributed by atoms with Crippen LogP contribution in [0.1, 0.15) is 80.1 Å². The summed E-state index contributed by atoms with van der Waals surface area (Å²) in [5.41, 5.74) is 0. The molecule has 0 amide bonds. The van der Waals surface area contributed by atoms with Gasteiger partial charge in [0, 0.05) is 0 Å². The Morgan fingerprint density at radius 1 is 0.654 bits per heavy atom. The van der Waals surface area contributed by atoms with Crippen LogP contribution in [0.15, 0.2) is 0 Å². The second-order valence-corrected chi connectivity index (χ2v) is 29.8. The van der Waals surface area contributed by atoms with Gasteiger partial charge in [0.05, 0.1) is 0 Å². The molecule has 0 heterocycles. The monoisotopic (exact) mass is 514 g/mol. The SMILES string of the molecule is CCC[CH2][Sn]([CH2]CCC)([CH2]CCC)[S]CC[Si](OCC)(OCC)OCC. The van der Waals surface area contributed by atoms with Gasteiger partial charge in [-0.1, -0.05) is 0 Å². The summed E-state index contributed by atoms with van der Waals surface area (Å²) in [5, 5.41) is 0. The summed E-state index contributed by atoms with van der Waals surface area (Å²) in [4.78, 5) is 0. The van der Waals surface area contributed by atoms with Gasteiger partial charge in [0.1, 0.15) is 0 Å². The molecule has 0 aliphatic heterocycles. The molecular formula is C20H46O3SSiSn. The van der Waals surface area contributed by atoms with E-state index >= 15 is 0 Å². The first-order valence-corrected chi connectivity index (χ1v) is 23.6. The van der Waals surface area contributed by atoms with Crippen molar-refractivity contribution in [1.29, 1.82) is 0 Å². The van der Waals surface area contributed by atoms with Gasteiger partial charge in [0.25, 0.3) is 0 Å². The van der Waals surface area contributed by atoms with Crippen LogP contribution in [-0.2, 0) is 13.3 Å². The Bertz CT molecular complexity index is 283. The predicted octanol–water partition coefficient (Wildman–Crippen LogP) is 7.11. The maximum absolute atomic E-state index is 6.07. The van der Waals surface area contributed by atoms with Gasteiger partial charge in [-0.25, -0.2) is 0 Å². The second kappa shape index (κ2) is 17.1. The summed E-state index contributed by atoms with van der Waals surface area (Å²) >= 11 is -2.12. The van der Waals surface area contributed by atoms with Crippen LogP contribution in [0.25, 0.3) is 0 Å². The molecule has 6 heteroatoms. The van der Waals surface area contributed by atoms with E-state index in [2.05, 4.69) is 50.5 Å². The van der Waals surface area contributed by atoms with E-state index in [4.69, 9.17) is 13.3 Å².